The van der Waals surface area contributed by atoms with Crippen molar-refractivity contribution in [1.29, 1.82) is 0 Å². The molecule has 2 aromatic carbocycles. The zero-order valence-corrected chi connectivity index (χ0v) is 13.3. The molecule has 0 saturated heterocycles. The molecule has 0 bridgehead atoms. The Labute approximate surface area is 138 Å². The van der Waals surface area contributed by atoms with Crippen molar-refractivity contribution in [2.24, 2.45) is 0 Å². The molecule has 1 atom stereocenters. The molecule has 2 aromatic rings. The number of quaternary nitrogens is 1. The summed E-state index contributed by atoms with van der Waals surface area (Å²) in [6, 6.07) is 11.4. The van der Waals surface area contributed by atoms with Crippen LogP contribution in [0.4, 0.5) is 4.39 Å². The molecule has 118 valence electrons. The zero-order valence-electron chi connectivity index (χ0n) is 11.8. The van der Waals surface area contributed by atoms with E-state index in [1.165, 1.54) is 18.2 Å². The van der Waals surface area contributed by atoms with E-state index in [1.807, 2.05) is 29.6 Å². The third-order valence-electron chi connectivity index (χ3n) is 3.06. The molecule has 0 amide bonds. The summed E-state index contributed by atoms with van der Waals surface area (Å²) < 4.78 is 18.3. The van der Waals surface area contributed by atoms with Crippen LogP contribution in [0.15, 0.2) is 42.5 Å². The molecule has 0 spiro atoms. The van der Waals surface area contributed by atoms with Gasteiger partial charge in [0.1, 0.15) is 37.4 Å². The minimum atomic E-state index is -0.645. The summed E-state index contributed by atoms with van der Waals surface area (Å²) in [5, 5.41) is 12.8. The van der Waals surface area contributed by atoms with Crippen LogP contribution in [0.1, 0.15) is 5.56 Å². The van der Waals surface area contributed by atoms with Crippen LogP contribution in [0.2, 0.25) is 10.0 Å². The van der Waals surface area contributed by atoms with Gasteiger partial charge >= 0.3 is 0 Å². The minimum absolute atomic E-state index is 0.0997. The first kappa shape index (κ1) is 17.0. The van der Waals surface area contributed by atoms with Gasteiger partial charge in [0.25, 0.3) is 0 Å². The average Bonchev–Trinajstić information content (AvgIpc) is 2.48. The van der Waals surface area contributed by atoms with Crippen LogP contribution < -0.4 is 10.1 Å². The van der Waals surface area contributed by atoms with Gasteiger partial charge in [-0.3, -0.25) is 0 Å². The number of rotatable bonds is 7. The van der Waals surface area contributed by atoms with Gasteiger partial charge in [0.05, 0.1) is 5.02 Å². The molecule has 0 aliphatic heterocycles. The monoisotopic (exact) mass is 344 g/mol. The van der Waals surface area contributed by atoms with Crippen molar-refractivity contribution in [1.82, 2.24) is 0 Å². The second-order valence-corrected chi connectivity index (χ2v) is 5.74. The molecule has 0 aliphatic carbocycles. The lowest BCUT2D eigenvalue weighted by atomic mass is 10.2. The fourth-order valence-corrected chi connectivity index (χ4v) is 2.26. The fourth-order valence-electron chi connectivity index (χ4n) is 1.91. The number of nitrogens with two attached hydrogens (primary N) is 1. The quantitative estimate of drug-likeness (QED) is 0.810. The molecule has 0 aromatic heterocycles. The van der Waals surface area contributed by atoms with Gasteiger partial charge in [-0.2, -0.15) is 0 Å². The van der Waals surface area contributed by atoms with Crippen LogP contribution in [0, 0.1) is 5.82 Å². The van der Waals surface area contributed by atoms with Crippen molar-refractivity contribution >= 4 is 23.2 Å². The predicted octanol–water partition coefficient (Wildman–Crippen LogP) is 2.64. The number of hydrogen-bond acceptors (Lipinski definition) is 2. The highest BCUT2D eigenvalue weighted by Gasteiger charge is 2.10. The zero-order chi connectivity index (χ0) is 15.9. The van der Waals surface area contributed by atoms with E-state index in [9.17, 15) is 9.50 Å². The van der Waals surface area contributed by atoms with Gasteiger partial charge in [0.15, 0.2) is 0 Å². The molecule has 3 N–H and O–H groups in total. The molecular weight excluding hydrogens is 328 g/mol. The summed E-state index contributed by atoms with van der Waals surface area (Å²) in [7, 11) is 0. The lowest BCUT2D eigenvalue weighted by Gasteiger charge is -2.12. The molecule has 0 unspecified atom stereocenters. The first-order chi connectivity index (χ1) is 10.5. The van der Waals surface area contributed by atoms with Crippen LogP contribution >= 0.6 is 23.2 Å². The maximum absolute atomic E-state index is 12.9. The largest absolute Gasteiger partial charge is 0.489 e. The molecule has 3 nitrogen and oxygen atoms in total. The average molecular weight is 345 g/mol. The normalized spacial score (nSPS) is 12.2. The van der Waals surface area contributed by atoms with E-state index < -0.39 is 11.9 Å². The molecule has 0 saturated carbocycles. The SMILES string of the molecule is O[C@@H](C[NH2+]Cc1ccc(Cl)cc1)COc1ccc(F)cc1Cl. The molecule has 22 heavy (non-hydrogen) atoms. The minimum Gasteiger partial charge on any atom is -0.489 e. The number of ether oxygens (including phenoxy) is 1. The van der Waals surface area contributed by atoms with E-state index in [1.54, 1.807) is 0 Å². The lowest BCUT2D eigenvalue weighted by Crippen LogP contribution is -2.85. The number of halogens is 3. The second kappa shape index (κ2) is 8.34. The van der Waals surface area contributed by atoms with Crippen LogP contribution in [0.3, 0.4) is 0 Å². The first-order valence-corrected chi connectivity index (χ1v) is 7.62. The Kier molecular flexibility index (Phi) is 6.46. The summed E-state index contributed by atoms with van der Waals surface area (Å²) in [6.07, 6.45) is -0.645. The topological polar surface area (TPSA) is 46.1 Å². The Bertz CT molecular complexity index is 608. The highest BCUT2D eigenvalue weighted by Crippen LogP contribution is 2.24. The summed E-state index contributed by atoms with van der Waals surface area (Å²) in [6.45, 7) is 1.33. The van der Waals surface area contributed by atoms with Crippen LogP contribution in [-0.2, 0) is 6.54 Å². The summed E-state index contributed by atoms with van der Waals surface area (Å²) >= 11 is 11.7. The predicted molar refractivity (Wildman–Crippen MR) is 84.9 cm³/mol. The van der Waals surface area contributed by atoms with E-state index in [2.05, 4.69) is 0 Å². The highest BCUT2D eigenvalue weighted by molar-refractivity contribution is 6.32. The van der Waals surface area contributed by atoms with Crippen LogP contribution in [0.25, 0.3) is 0 Å². The van der Waals surface area contributed by atoms with Gasteiger partial charge in [-0.05, 0) is 30.3 Å². The molecule has 0 fully saturated rings. The van der Waals surface area contributed by atoms with E-state index >= 15 is 0 Å². The van der Waals surface area contributed by atoms with Crippen molar-refractivity contribution in [3.05, 3.63) is 63.9 Å². The van der Waals surface area contributed by atoms with E-state index in [0.717, 1.165) is 12.1 Å². The van der Waals surface area contributed by atoms with Crippen molar-refractivity contribution in [2.45, 2.75) is 12.6 Å². The van der Waals surface area contributed by atoms with Gasteiger partial charge < -0.3 is 15.2 Å². The Morgan fingerprint density at radius 3 is 2.55 bits per heavy atom. The van der Waals surface area contributed by atoms with Crippen LogP contribution in [-0.4, -0.2) is 24.4 Å². The third-order valence-corrected chi connectivity index (χ3v) is 3.60. The van der Waals surface area contributed by atoms with Gasteiger partial charge in [-0.1, -0.05) is 35.3 Å². The van der Waals surface area contributed by atoms with Crippen LogP contribution in [0.5, 0.6) is 5.75 Å². The number of hydrogen-bond donors (Lipinski definition) is 2. The van der Waals surface area contributed by atoms with Crippen molar-refractivity contribution < 1.29 is 19.6 Å². The molecular formula is C16H17Cl2FNO2+. The molecule has 6 heteroatoms. The fraction of sp³-hybridized carbons (Fsp3) is 0.250. The smallest absolute Gasteiger partial charge is 0.138 e. The first-order valence-electron chi connectivity index (χ1n) is 6.86. The second-order valence-electron chi connectivity index (χ2n) is 4.89. The van der Waals surface area contributed by atoms with E-state index in [4.69, 9.17) is 27.9 Å². The standard InChI is InChI=1S/C16H16Cl2FNO2/c17-12-3-1-11(2-4-12)8-20-9-14(21)10-22-16-6-5-13(19)7-15(16)18/h1-7,14,20-21H,8-10H2/p+1/t14-/m0/s1. The molecule has 0 aliphatic rings. The lowest BCUT2D eigenvalue weighted by molar-refractivity contribution is -0.676. The highest BCUT2D eigenvalue weighted by atomic mass is 35.5. The van der Waals surface area contributed by atoms with Gasteiger partial charge in [0, 0.05) is 10.6 Å². The van der Waals surface area contributed by atoms with E-state index in [-0.39, 0.29) is 11.6 Å². The van der Waals surface area contributed by atoms with Crippen molar-refractivity contribution in [3.8, 4) is 5.75 Å². The summed E-state index contributed by atoms with van der Waals surface area (Å²) in [5.74, 6) is -0.0611. The summed E-state index contributed by atoms with van der Waals surface area (Å²) in [4.78, 5) is 0. The van der Waals surface area contributed by atoms with Crippen molar-refractivity contribution in [2.75, 3.05) is 13.2 Å². The van der Waals surface area contributed by atoms with Crippen molar-refractivity contribution in [3.63, 3.8) is 0 Å². The Hall–Kier alpha value is -1.33. The Balaban J connectivity index is 1.71. The number of aliphatic hydroxyl groups is 1. The maximum atomic E-state index is 12.9. The Morgan fingerprint density at radius 2 is 1.86 bits per heavy atom. The van der Waals surface area contributed by atoms with E-state index in [0.29, 0.717) is 17.3 Å². The Morgan fingerprint density at radius 1 is 1.14 bits per heavy atom. The molecule has 0 radical (unpaired) electrons. The van der Waals surface area contributed by atoms with Gasteiger partial charge in [0.2, 0.25) is 0 Å². The molecule has 0 heterocycles. The maximum Gasteiger partial charge on any atom is 0.138 e. The molecule has 2 rings (SSSR count). The number of benzene rings is 2. The van der Waals surface area contributed by atoms with Gasteiger partial charge in [-0.15, -0.1) is 0 Å². The van der Waals surface area contributed by atoms with Gasteiger partial charge in [-0.25, -0.2) is 4.39 Å². The number of aliphatic hydroxyl groups excluding tert-OH is 1. The summed E-state index contributed by atoms with van der Waals surface area (Å²) in [5.41, 5.74) is 1.12. The third kappa shape index (κ3) is 5.46.